The van der Waals surface area contributed by atoms with Crippen molar-refractivity contribution in [2.45, 2.75) is 11.3 Å². The number of aromatic nitrogens is 1. The first-order valence-corrected chi connectivity index (χ1v) is 6.43. The topological polar surface area (TPSA) is 116 Å². The maximum Gasteiger partial charge on any atom is 0.298 e. The lowest BCUT2D eigenvalue weighted by atomic mass is 10.3. The Morgan fingerprint density at radius 1 is 1.53 bits per heavy atom. The van der Waals surface area contributed by atoms with Crippen LogP contribution < -0.4 is 5.14 Å². The Balaban J connectivity index is 3.63. The molecule has 0 amide bonds. The van der Waals surface area contributed by atoms with Crippen LogP contribution >= 0.6 is 22.6 Å². The summed E-state index contributed by atoms with van der Waals surface area (Å²) in [5.41, 5.74) is -2.17. The van der Waals surface area contributed by atoms with E-state index in [0.29, 0.717) is 6.07 Å². The molecule has 0 aromatic carbocycles. The van der Waals surface area contributed by atoms with Gasteiger partial charge in [-0.05, 0) is 22.6 Å². The molecule has 0 fully saturated rings. The van der Waals surface area contributed by atoms with E-state index < -0.39 is 37.6 Å². The minimum atomic E-state index is -4.25. The molecule has 0 saturated heterocycles. The number of primary sulfonamides is 1. The molecule has 0 radical (unpaired) electrons. The zero-order valence-corrected chi connectivity index (χ0v) is 10.8. The molecule has 0 aliphatic rings. The summed E-state index contributed by atoms with van der Waals surface area (Å²) in [6.07, 6.45) is -3.18. The molecule has 0 saturated carbocycles. The lowest BCUT2D eigenvalue weighted by Gasteiger charge is -2.05. The van der Waals surface area contributed by atoms with E-state index >= 15 is 0 Å². The van der Waals surface area contributed by atoms with Crippen molar-refractivity contribution < 1.29 is 22.1 Å². The van der Waals surface area contributed by atoms with Gasteiger partial charge in [0.25, 0.3) is 12.1 Å². The van der Waals surface area contributed by atoms with E-state index in [4.69, 9.17) is 5.14 Å². The Morgan fingerprint density at radius 2 is 2.06 bits per heavy atom. The van der Waals surface area contributed by atoms with Crippen LogP contribution in [0.3, 0.4) is 0 Å². The van der Waals surface area contributed by atoms with Gasteiger partial charge in [-0.1, -0.05) is 0 Å². The lowest BCUT2D eigenvalue weighted by molar-refractivity contribution is -0.386. The molecule has 11 heteroatoms. The van der Waals surface area contributed by atoms with Gasteiger partial charge < -0.3 is 0 Å². The van der Waals surface area contributed by atoms with Crippen LogP contribution in [0.5, 0.6) is 0 Å². The number of sulfonamides is 1. The molecule has 0 atom stereocenters. The molecule has 0 bridgehead atoms. The Bertz CT molecular complexity index is 577. The van der Waals surface area contributed by atoms with E-state index in [1.54, 1.807) is 0 Å². The van der Waals surface area contributed by atoms with Crippen molar-refractivity contribution >= 4 is 38.3 Å². The summed E-state index contributed by atoms with van der Waals surface area (Å²) in [5.74, 6) is 0. The fraction of sp³-hybridized carbons (Fsp3) is 0.167. The Hall–Kier alpha value is -0.950. The van der Waals surface area contributed by atoms with Crippen molar-refractivity contribution in [3.05, 3.63) is 25.6 Å². The SMILES string of the molecule is NS(=O)(=O)c1cc([N+](=O)[O-])c(C(F)F)nc1I. The van der Waals surface area contributed by atoms with E-state index in [1.807, 2.05) is 0 Å². The molecule has 7 nitrogen and oxygen atoms in total. The molecule has 0 aliphatic carbocycles. The third-order valence-corrected chi connectivity index (χ3v) is 3.77. The third kappa shape index (κ3) is 3.04. The molecule has 1 aromatic heterocycles. The maximum absolute atomic E-state index is 12.4. The molecule has 1 heterocycles. The quantitative estimate of drug-likeness (QED) is 0.366. The van der Waals surface area contributed by atoms with Gasteiger partial charge >= 0.3 is 0 Å². The summed E-state index contributed by atoms with van der Waals surface area (Å²) in [7, 11) is -4.25. The number of alkyl halides is 2. The molecule has 1 aromatic rings. The predicted octanol–water partition coefficient (Wildman–Crippen LogP) is 1.18. The van der Waals surface area contributed by atoms with Gasteiger partial charge in [0, 0.05) is 6.07 Å². The van der Waals surface area contributed by atoms with Crippen LogP contribution in [-0.2, 0) is 10.0 Å². The number of pyridine rings is 1. The highest BCUT2D eigenvalue weighted by molar-refractivity contribution is 14.1. The van der Waals surface area contributed by atoms with Crippen LogP contribution in [0.1, 0.15) is 12.1 Å². The van der Waals surface area contributed by atoms with Crippen molar-refractivity contribution in [3.8, 4) is 0 Å². The van der Waals surface area contributed by atoms with Crippen LogP contribution in [-0.4, -0.2) is 18.3 Å². The Kier molecular flexibility index (Phi) is 3.93. The predicted molar refractivity (Wildman–Crippen MR) is 59.9 cm³/mol. The second kappa shape index (κ2) is 4.73. The zero-order chi connectivity index (χ0) is 13.4. The molecule has 0 aliphatic heterocycles. The van der Waals surface area contributed by atoms with Crippen molar-refractivity contribution in [2.24, 2.45) is 5.14 Å². The van der Waals surface area contributed by atoms with E-state index in [-0.39, 0.29) is 3.70 Å². The summed E-state index contributed by atoms with van der Waals surface area (Å²) in [6.45, 7) is 0. The van der Waals surface area contributed by atoms with Crippen LogP contribution in [0.2, 0.25) is 0 Å². The molecule has 0 unspecified atom stereocenters. The first-order chi connectivity index (χ1) is 7.64. The maximum atomic E-state index is 12.4. The Labute approximate surface area is 107 Å². The second-order valence-corrected chi connectivity index (χ2v) is 5.34. The van der Waals surface area contributed by atoms with Crippen LogP contribution in [0.25, 0.3) is 0 Å². The molecular weight excluding hydrogens is 375 g/mol. The smallest absolute Gasteiger partial charge is 0.258 e. The summed E-state index contributed by atoms with van der Waals surface area (Å²) in [5, 5.41) is 15.3. The Morgan fingerprint density at radius 3 is 2.41 bits per heavy atom. The lowest BCUT2D eigenvalue weighted by Crippen LogP contribution is -2.16. The molecule has 17 heavy (non-hydrogen) atoms. The highest BCUT2D eigenvalue weighted by atomic mass is 127. The van der Waals surface area contributed by atoms with Gasteiger partial charge in [-0.3, -0.25) is 10.1 Å². The second-order valence-electron chi connectivity index (χ2n) is 2.78. The highest BCUT2D eigenvalue weighted by Gasteiger charge is 2.28. The van der Waals surface area contributed by atoms with E-state index in [2.05, 4.69) is 4.98 Å². The average Bonchev–Trinajstić information content (AvgIpc) is 2.14. The first-order valence-electron chi connectivity index (χ1n) is 3.80. The molecule has 1 rings (SSSR count). The summed E-state index contributed by atoms with van der Waals surface area (Å²) >= 11 is 1.36. The van der Waals surface area contributed by atoms with Crippen molar-refractivity contribution in [1.82, 2.24) is 4.98 Å². The first kappa shape index (κ1) is 14.1. The van der Waals surface area contributed by atoms with Gasteiger partial charge in [0.15, 0.2) is 5.69 Å². The van der Waals surface area contributed by atoms with Crippen LogP contribution in [0.15, 0.2) is 11.0 Å². The minimum absolute atomic E-state index is 0.342. The number of hydrogen-bond acceptors (Lipinski definition) is 5. The fourth-order valence-electron chi connectivity index (χ4n) is 0.982. The van der Waals surface area contributed by atoms with Crippen molar-refractivity contribution in [2.75, 3.05) is 0 Å². The molecule has 2 N–H and O–H groups in total. The van der Waals surface area contributed by atoms with E-state index in [1.165, 1.54) is 22.6 Å². The van der Waals surface area contributed by atoms with Gasteiger partial charge in [0.2, 0.25) is 10.0 Å². The van der Waals surface area contributed by atoms with Crippen LogP contribution in [0.4, 0.5) is 14.5 Å². The molecule has 0 spiro atoms. The van der Waals surface area contributed by atoms with Gasteiger partial charge in [0.05, 0.1) is 4.92 Å². The van der Waals surface area contributed by atoms with Gasteiger partial charge in [-0.25, -0.2) is 27.3 Å². The van der Waals surface area contributed by atoms with Crippen LogP contribution in [0, 0.1) is 13.8 Å². The monoisotopic (exact) mass is 379 g/mol. The van der Waals surface area contributed by atoms with E-state index in [0.717, 1.165) is 0 Å². The zero-order valence-electron chi connectivity index (χ0n) is 7.80. The van der Waals surface area contributed by atoms with E-state index in [9.17, 15) is 27.3 Å². The normalized spacial score (nSPS) is 11.8. The van der Waals surface area contributed by atoms with Gasteiger partial charge in [-0.15, -0.1) is 0 Å². The molecule has 94 valence electrons. The van der Waals surface area contributed by atoms with Crippen molar-refractivity contribution in [1.29, 1.82) is 0 Å². The number of nitro groups is 1. The van der Waals surface area contributed by atoms with Gasteiger partial charge in [0.1, 0.15) is 8.60 Å². The largest absolute Gasteiger partial charge is 0.298 e. The average molecular weight is 379 g/mol. The fourth-order valence-corrected chi connectivity index (χ4v) is 2.87. The summed E-state index contributed by atoms with van der Waals surface area (Å²) in [4.78, 5) is 11.9. The number of rotatable bonds is 3. The number of nitrogens with two attached hydrogens (primary N) is 1. The number of halogens is 3. The number of hydrogen-bond donors (Lipinski definition) is 1. The standard InChI is InChI=1S/C6H4F2IN3O4S/c7-5(8)4-2(12(13)14)1-3(6(9)11-4)17(10,15)16/h1,5H,(H2,10,15,16). The van der Waals surface area contributed by atoms with Crippen molar-refractivity contribution in [3.63, 3.8) is 0 Å². The third-order valence-electron chi connectivity index (χ3n) is 1.66. The molecular formula is C6H4F2IN3O4S. The summed E-state index contributed by atoms with van der Waals surface area (Å²) in [6, 6.07) is 0.478. The number of nitrogens with zero attached hydrogens (tertiary/aromatic N) is 2. The minimum Gasteiger partial charge on any atom is -0.258 e. The highest BCUT2D eigenvalue weighted by Crippen LogP contribution is 2.30. The summed E-state index contributed by atoms with van der Waals surface area (Å²) < 4.78 is 46.6. The van der Waals surface area contributed by atoms with Gasteiger partial charge in [-0.2, -0.15) is 0 Å².